The van der Waals surface area contributed by atoms with E-state index in [4.69, 9.17) is 4.74 Å². The molecule has 0 N–H and O–H groups in total. The second kappa shape index (κ2) is 5.89. The summed E-state index contributed by atoms with van der Waals surface area (Å²) in [6.45, 7) is 4.77. The number of hydrogen-bond acceptors (Lipinski definition) is 5. The van der Waals surface area contributed by atoms with E-state index in [1.54, 1.807) is 0 Å². The van der Waals surface area contributed by atoms with Crippen LogP contribution in [0.1, 0.15) is 12.8 Å². The van der Waals surface area contributed by atoms with Crippen LogP contribution in [0.25, 0.3) is 0 Å². The first-order valence-corrected chi connectivity index (χ1v) is 10.4. The number of rotatable bonds is 2. The van der Waals surface area contributed by atoms with Crippen LogP contribution in [0.3, 0.4) is 0 Å². The first-order chi connectivity index (χ1) is 11.0. The zero-order chi connectivity index (χ0) is 16.0. The van der Waals surface area contributed by atoms with Crippen LogP contribution < -0.4 is 0 Å². The van der Waals surface area contributed by atoms with Gasteiger partial charge in [0.25, 0.3) is 0 Å². The first-order valence-electron chi connectivity index (χ1n) is 8.61. The molecule has 2 amide bonds. The molecule has 0 aromatic rings. The van der Waals surface area contributed by atoms with Crippen molar-refractivity contribution in [1.29, 1.82) is 0 Å². The van der Waals surface area contributed by atoms with Gasteiger partial charge in [-0.3, -0.25) is 4.90 Å². The van der Waals surface area contributed by atoms with E-state index < -0.39 is 9.84 Å². The lowest BCUT2D eigenvalue weighted by atomic mass is 10.0. The van der Waals surface area contributed by atoms with E-state index in [9.17, 15) is 13.2 Å². The predicted molar refractivity (Wildman–Crippen MR) is 85.0 cm³/mol. The molecule has 3 aliphatic heterocycles. The summed E-state index contributed by atoms with van der Waals surface area (Å²) in [4.78, 5) is 18.8. The van der Waals surface area contributed by atoms with Crippen LogP contribution in [0.2, 0.25) is 0 Å². The molecule has 2 atom stereocenters. The Hall–Kier alpha value is -0.860. The van der Waals surface area contributed by atoms with E-state index in [2.05, 4.69) is 4.90 Å². The van der Waals surface area contributed by atoms with Gasteiger partial charge in [0.05, 0.1) is 30.8 Å². The van der Waals surface area contributed by atoms with Gasteiger partial charge in [0.1, 0.15) is 0 Å². The van der Waals surface area contributed by atoms with Crippen molar-refractivity contribution in [2.75, 3.05) is 57.4 Å². The Balaban J connectivity index is 1.51. The number of fused-ring (bicyclic) bond motifs is 1. The number of ether oxygens (including phenoxy) is 1. The van der Waals surface area contributed by atoms with E-state index in [0.29, 0.717) is 32.8 Å². The summed E-state index contributed by atoms with van der Waals surface area (Å²) in [7, 11) is -3.05. The Morgan fingerprint density at radius 1 is 1.00 bits per heavy atom. The molecule has 130 valence electrons. The molecule has 0 bridgehead atoms. The predicted octanol–water partition coefficient (Wildman–Crippen LogP) is -0.368. The third-order valence-electron chi connectivity index (χ3n) is 5.51. The van der Waals surface area contributed by atoms with Crippen molar-refractivity contribution >= 4 is 15.9 Å². The fraction of sp³-hybridized carbons (Fsp3) is 0.933. The van der Waals surface area contributed by atoms with Crippen LogP contribution in [0.15, 0.2) is 0 Å². The molecule has 0 aromatic heterocycles. The average Bonchev–Trinajstić information content (AvgIpc) is 3.28. The quantitative estimate of drug-likeness (QED) is 0.684. The van der Waals surface area contributed by atoms with E-state index in [0.717, 1.165) is 19.0 Å². The highest BCUT2D eigenvalue weighted by Crippen LogP contribution is 2.34. The standard InChI is InChI=1S/C15H25N3O4S/c19-15(16-5-7-22-8-6-16)18-4-3-17(9-12-1-2-12)13-10-23(20,21)11-14(13)18/h12-14H,1-11H2/t13-,14+/m1/s1. The SMILES string of the molecule is O=C(N1CCOCC1)N1CCN(CC2CC2)[C@@H]2CS(=O)(=O)C[C@@H]21. The second-order valence-electron chi connectivity index (χ2n) is 7.23. The molecule has 23 heavy (non-hydrogen) atoms. The van der Waals surface area contributed by atoms with E-state index in [-0.39, 0.29) is 29.6 Å². The number of urea groups is 1. The molecule has 4 aliphatic rings. The van der Waals surface area contributed by atoms with Crippen molar-refractivity contribution in [2.45, 2.75) is 24.9 Å². The van der Waals surface area contributed by atoms with Crippen LogP contribution in [0.4, 0.5) is 4.79 Å². The lowest BCUT2D eigenvalue weighted by Crippen LogP contribution is -2.63. The summed E-state index contributed by atoms with van der Waals surface area (Å²) in [5.41, 5.74) is 0. The molecule has 0 spiro atoms. The Labute approximate surface area is 137 Å². The Morgan fingerprint density at radius 3 is 2.39 bits per heavy atom. The average molecular weight is 343 g/mol. The highest BCUT2D eigenvalue weighted by Gasteiger charge is 2.49. The van der Waals surface area contributed by atoms with Crippen molar-refractivity contribution in [3.63, 3.8) is 0 Å². The van der Waals surface area contributed by atoms with Gasteiger partial charge in [-0.25, -0.2) is 13.2 Å². The molecule has 4 rings (SSSR count). The van der Waals surface area contributed by atoms with E-state index in [1.165, 1.54) is 12.8 Å². The number of carbonyl (C=O) groups is 1. The highest BCUT2D eigenvalue weighted by atomic mass is 32.2. The van der Waals surface area contributed by atoms with Crippen molar-refractivity contribution in [2.24, 2.45) is 5.92 Å². The third-order valence-corrected chi connectivity index (χ3v) is 7.21. The fourth-order valence-electron chi connectivity index (χ4n) is 4.06. The number of morpholine rings is 1. The molecule has 3 saturated heterocycles. The lowest BCUT2D eigenvalue weighted by molar-refractivity contribution is 0.0185. The Morgan fingerprint density at radius 2 is 1.70 bits per heavy atom. The van der Waals surface area contributed by atoms with Crippen LogP contribution >= 0.6 is 0 Å². The number of piperazine rings is 1. The zero-order valence-electron chi connectivity index (χ0n) is 13.4. The molecule has 4 fully saturated rings. The van der Waals surface area contributed by atoms with Crippen molar-refractivity contribution in [3.8, 4) is 0 Å². The molecule has 1 aliphatic carbocycles. The van der Waals surface area contributed by atoms with Crippen molar-refractivity contribution < 1.29 is 17.9 Å². The topological polar surface area (TPSA) is 70.2 Å². The zero-order valence-corrected chi connectivity index (χ0v) is 14.2. The van der Waals surface area contributed by atoms with Gasteiger partial charge < -0.3 is 14.5 Å². The number of amides is 2. The minimum Gasteiger partial charge on any atom is -0.378 e. The lowest BCUT2D eigenvalue weighted by Gasteiger charge is -2.45. The monoisotopic (exact) mass is 343 g/mol. The summed E-state index contributed by atoms with van der Waals surface area (Å²) in [5.74, 6) is 1.06. The van der Waals surface area contributed by atoms with Gasteiger partial charge in [0, 0.05) is 38.8 Å². The number of sulfone groups is 1. The van der Waals surface area contributed by atoms with Gasteiger partial charge in [-0.2, -0.15) is 0 Å². The van der Waals surface area contributed by atoms with Crippen molar-refractivity contribution in [1.82, 2.24) is 14.7 Å². The van der Waals surface area contributed by atoms with Gasteiger partial charge in [-0.1, -0.05) is 0 Å². The number of hydrogen-bond donors (Lipinski definition) is 0. The number of carbonyl (C=O) groups excluding carboxylic acids is 1. The fourth-order valence-corrected chi connectivity index (χ4v) is 6.07. The maximum atomic E-state index is 12.8. The summed E-state index contributed by atoms with van der Waals surface area (Å²) in [6.07, 6.45) is 2.52. The Kier molecular flexibility index (Phi) is 4.01. The van der Waals surface area contributed by atoms with E-state index in [1.807, 2.05) is 9.80 Å². The van der Waals surface area contributed by atoms with E-state index >= 15 is 0 Å². The molecule has 8 heteroatoms. The Bertz CT molecular complexity index is 571. The van der Waals surface area contributed by atoms with Crippen LogP contribution in [0, 0.1) is 5.92 Å². The summed E-state index contributed by atoms with van der Waals surface area (Å²) >= 11 is 0. The molecule has 0 unspecified atom stereocenters. The minimum absolute atomic E-state index is 0.00790. The van der Waals surface area contributed by atoms with Crippen LogP contribution in [-0.2, 0) is 14.6 Å². The number of nitrogens with zero attached hydrogens (tertiary/aromatic N) is 3. The summed E-state index contributed by atoms with van der Waals surface area (Å²) in [6, 6.07) is -0.200. The molecular weight excluding hydrogens is 318 g/mol. The first kappa shape index (κ1) is 15.7. The van der Waals surface area contributed by atoms with Gasteiger partial charge in [0.2, 0.25) is 0 Å². The third kappa shape index (κ3) is 3.21. The minimum atomic E-state index is -3.05. The summed E-state index contributed by atoms with van der Waals surface area (Å²) in [5, 5.41) is 0. The van der Waals surface area contributed by atoms with Gasteiger partial charge >= 0.3 is 6.03 Å². The van der Waals surface area contributed by atoms with Crippen molar-refractivity contribution in [3.05, 3.63) is 0 Å². The second-order valence-corrected chi connectivity index (χ2v) is 9.38. The van der Waals surface area contributed by atoms with Gasteiger partial charge in [-0.15, -0.1) is 0 Å². The highest BCUT2D eigenvalue weighted by molar-refractivity contribution is 7.91. The largest absolute Gasteiger partial charge is 0.378 e. The van der Waals surface area contributed by atoms with Gasteiger partial charge in [-0.05, 0) is 18.8 Å². The molecular formula is C15H25N3O4S. The normalized spacial score (nSPS) is 34.4. The maximum absolute atomic E-state index is 12.8. The van der Waals surface area contributed by atoms with Crippen LogP contribution in [-0.4, -0.2) is 98.7 Å². The molecule has 1 saturated carbocycles. The molecule has 0 aromatic carbocycles. The smallest absolute Gasteiger partial charge is 0.320 e. The molecule has 7 nitrogen and oxygen atoms in total. The van der Waals surface area contributed by atoms with Crippen LogP contribution in [0.5, 0.6) is 0 Å². The maximum Gasteiger partial charge on any atom is 0.320 e. The molecule has 3 heterocycles. The summed E-state index contributed by atoms with van der Waals surface area (Å²) < 4.78 is 29.7. The molecule has 0 radical (unpaired) electrons. The van der Waals surface area contributed by atoms with Gasteiger partial charge in [0.15, 0.2) is 9.84 Å².